The molecule has 0 unspecified atom stereocenters. The first kappa shape index (κ1) is 18.7. The van der Waals surface area contributed by atoms with Gasteiger partial charge in [-0.2, -0.15) is 5.10 Å². The van der Waals surface area contributed by atoms with Crippen LogP contribution in [0.2, 0.25) is 0 Å². The summed E-state index contributed by atoms with van der Waals surface area (Å²) in [6, 6.07) is 15.7. The number of aryl methyl sites for hydroxylation is 3. The molecule has 6 heteroatoms. The van der Waals surface area contributed by atoms with Gasteiger partial charge in [-0.25, -0.2) is 4.68 Å². The Labute approximate surface area is 169 Å². The number of hydrogen-bond donors (Lipinski definition) is 1. The molecule has 0 bridgehead atoms. The third kappa shape index (κ3) is 3.82. The molecule has 0 saturated heterocycles. The average molecular weight is 385 g/mol. The molecule has 4 aromatic rings. The van der Waals surface area contributed by atoms with Gasteiger partial charge in [-0.3, -0.25) is 9.78 Å². The maximum Gasteiger partial charge on any atom is 0.270 e. The molecule has 0 spiro atoms. The number of nitrogens with zero attached hydrogens (tertiary/aromatic N) is 4. The molecule has 3 heterocycles. The summed E-state index contributed by atoms with van der Waals surface area (Å²) in [7, 11) is 1.97. The van der Waals surface area contributed by atoms with Crippen LogP contribution >= 0.6 is 0 Å². The van der Waals surface area contributed by atoms with Gasteiger partial charge in [0, 0.05) is 32.2 Å². The van der Waals surface area contributed by atoms with Gasteiger partial charge in [0.15, 0.2) is 0 Å². The summed E-state index contributed by atoms with van der Waals surface area (Å²) in [5, 5.41) is 7.77. The van der Waals surface area contributed by atoms with E-state index in [-0.39, 0.29) is 5.91 Å². The van der Waals surface area contributed by atoms with Crippen LogP contribution in [0.25, 0.3) is 17.1 Å². The monoisotopic (exact) mass is 385 g/mol. The number of amides is 1. The Bertz CT molecular complexity index is 1160. The van der Waals surface area contributed by atoms with Crippen molar-refractivity contribution >= 4 is 5.91 Å². The van der Waals surface area contributed by atoms with Crippen molar-refractivity contribution in [1.29, 1.82) is 0 Å². The van der Waals surface area contributed by atoms with Crippen LogP contribution in [0.3, 0.4) is 0 Å². The molecule has 0 atom stereocenters. The zero-order valence-electron chi connectivity index (χ0n) is 16.8. The molecular weight excluding hydrogens is 362 g/mol. The van der Waals surface area contributed by atoms with E-state index in [1.165, 1.54) is 5.56 Å². The van der Waals surface area contributed by atoms with Crippen molar-refractivity contribution in [2.75, 3.05) is 0 Å². The van der Waals surface area contributed by atoms with Gasteiger partial charge in [-0.15, -0.1) is 0 Å². The number of benzene rings is 1. The Hall–Kier alpha value is -3.67. The van der Waals surface area contributed by atoms with E-state index in [9.17, 15) is 4.79 Å². The Morgan fingerprint density at radius 1 is 1.07 bits per heavy atom. The molecule has 0 radical (unpaired) electrons. The first-order chi connectivity index (χ1) is 14.0. The highest BCUT2D eigenvalue weighted by Gasteiger charge is 2.19. The lowest BCUT2D eigenvalue weighted by Gasteiger charge is -2.11. The number of hydrogen-bond acceptors (Lipinski definition) is 3. The summed E-state index contributed by atoms with van der Waals surface area (Å²) >= 11 is 0. The number of carbonyl (C=O) groups is 1. The van der Waals surface area contributed by atoms with Crippen molar-refractivity contribution in [3.05, 3.63) is 89.5 Å². The highest BCUT2D eigenvalue weighted by molar-refractivity contribution is 5.94. The minimum absolute atomic E-state index is 0.172. The summed E-state index contributed by atoms with van der Waals surface area (Å²) in [5.41, 5.74) is 6.34. The lowest BCUT2D eigenvalue weighted by molar-refractivity contribution is 0.0943. The first-order valence-electron chi connectivity index (χ1n) is 9.49. The van der Waals surface area contributed by atoms with Crippen molar-refractivity contribution < 1.29 is 4.79 Å². The quantitative estimate of drug-likeness (QED) is 0.568. The Morgan fingerprint density at radius 3 is 2.55 bits per heavy atom. The normalized spacial score (nSPS) is 10.9. The van der Waals surface area contributed by atoms with Crippen molar-refractivity contribution in [3.63, 3.8) is 0 Å². The fourth-order valence-electron chi connectivity index (χ4n) is 3.40. The van der Waals surface area contributed by atoms with E-state index >= 15 is 0 Å². The molecule has 0 aliphatic carbocycles. The number of carbonyl (C=O) groups excluding carboxylic acids is 1. The predicted octanol–water partition coefficient (Wildman–Crippen LogP) is 3.82. The fraction of sp³-hybridized carbons (Fsp3) is 0.174. The van der Waals surface area contributed by atoms with Gasteiger partial charge in [-0.05, 0) is 61.4 Å². The van der Waals surface area contributed by atoms with Crippen LogP contribution in [0.4, 0.5) is 0 Å². The second-order valence-electron chi connectivity index (χ2n) is 7.16. The van der Waals surface area contributed by atoms with Crippen LogP contribution < -0.4 is 5.32 Å². The van der Waals surface area contributed by atoms with E-state index in [2.05, 4.69) is 23.3 Å². The van der Waals surface area contributed by atoms with E-state index in [0.717, 1.165) is 28.2 Å². The van der Waals surface area contributed by atoms with E-state index in [1.807, 2.05) is 67.2 Å². The summed E-state index contributed by atoms with van der Waals surface area (Å²) in [6.07, 6.45) is 5.40. The second-order valence-corrected chi connectivity index (χ2v) is 7.16. The number of rotatable bonds is 5. The first-order valence-corrected chi connectivity index (χ1v) is 9.49. The lowest BCUT2D eigenvalue weighted by atomic mass is 10.1. The molecule has 6 nitrogen and oxygen atoms in total. The highest BCUT2D eigenvalue weighted by Crippen LogP contribution is 2.24. The van der Waals surface area contributed by atoms with Gasteiger partial charge in [0.1, 0.15) is 11.4 Å². The minimum Gasteiger partial charge on any atom is -0.349 e. The molecule has 0 fully saturated rings. The molecular formula is C23H23N5O. The standard InChI is InChI=1S/C23H23N5O/c1-16-6-7-20(17(2)13-16)28-22(14-19(26-28)21-5-4-12-27(21)3)23(29)25-15-18-8-10-24-11-9-18/h4-14H,15H2,1-3H3,(H,25,29). The highest BCUT2D eigenvalue weighted by atomic mass is 16.2. The molecule has 0 saturated carbocycles. The molecule has 1 amide bonds. The molecule has 4 rings (SSSR count). The van der Waals surface area contributed by atoms with E-state index in [4.69, 9.17) is 5.10 Å². The Balaban J connectivity index is 1.73. The second kappa shape index (κ2) is 7.75. The largest absolute Gasteiger partial charge is 0.349 e. The third-order valence-corrected chi connectivity index (χ3v) is 4.93. The van der Waals surface area contributed by atoms with E-state index in [0.29, 0.717) is 12.2 Å². The third-order valence-electron chi connectivity index (χ3n) is 4.93. The topological polar surface area (TPSA) is 64.7 Å². The SMILES string of the molecule is Cc1ccc(-n2nc(-c3cccn3C)cc2C(=O)NCc2ccncc2)c(C)c1. The number of aromatic nitrogens is 4. The van der Waals surface area contributed by atoms with Crippen molar-refractivity contribution in [3.8, 4) is 17.1 Å². The van der Waals surface area contributed by atoms with Crippen molar-refractivity contribution in [2.45, 2.75) is 20.4 Å². The summed E-state index contributed by atoms with van der Waals surface area (Å²) < 4.78 is 3.73. The molecule has 3 aromatic heterocycles. The van der Waals surface area contributed by atoms with Gasteiger partial charge in [0.25, 0.3) is 5.91 Å². The van der Waals surface area contributed by atoms with Crippen molar-refractivity contribution in [2.24, 2.45) is 7.05 Å². The predicted molar refractivity (Wildman–Crippen MR) is 113 cm³/mol. The van der Waals surface area contributed by atoms with Crippen LogP contribution in [0.5, 0.6) is 0 Å². The molecule has 0 aliphatic rings. The van der Waals surface area contributed by atoms with Crippen LogP contribution in [0.15, 0.2) is 67.1 Å². The van der Waals surface area contributed by atoms with E-state index < -0.39 is 0 Å². The van der Waals surface area contributed by atoms with Gasteiger partial charge >= 0.3 is 0 Å². The van der Waals surface area contributed by atoms with Crippen LogP contribution in [-0.2, 0) is 13.6 Å². The summed E-state index contributed by atoms with van der Waals surface area (Å²) in [5.74, 6) is -0.172. The summed E-state index contributed by atoms with van der Waals surface area (Å²) in [4.78, 5) is 17.1. The summed E-state index contributed by atoms with van der Waals surface area (Å²) in [6.45, 7) is 4.52. The van der Waals surface area contributed by atoms with Crippen LogP contribution in [0, 0.1) is 13.8 Å². The van der Waals surface area contributed by atoms with Crippen molar-refractivity contribution in [1.82, 2.24) is 24.6 Å². The van der Waals surface area contributed by atoms with E-state index in [1.54, 1.807) is 17.1 Å². The van der Waals surface area contributed by atoms with Crippen LogP contribution in [-0.4, -0.2) is 25.2 Å². The molecule has 29 heavy (non-hydrogen) atoms. The molecule has 146 valence electrons. The average Bonchev–Trinajstić information content (AvgIpc) is 3.33. The fourth-order valence-corrected chi connectivity index (χ4v) is 3.40. The van der Waals surface area contributed by atoms with Crippen LogP contribution in [0.1, 0.15) is 27.2 Å². The Morgan fingerprint density at radius 2 is 1.86 bits per heavy atom. The van der Waals surface area contributed by atoms with Gasteiger partial charge in [-0.1, -0.05) is 17.7 Å². The van der Waals surface area contributed by atoms with Gasteiger partial charge < -0.3 is 9.88 Å². The number of nitrogens with one attached hydrogen (secondary N) is 1. The number of pyridine rings is 1. The molecule has 1 N–H and O–H groups in total. The maximum absolute atomic E-state index is 13.1. The Kier molecular flexibility index (Phi) is 4.99. The zero-order chi connectivity index (χ0) is 20.4. The lowest BCUT2D eigenvalue weighted by Crippen LogP contribution is -2.25. The zero-order valence-corrected chi connectivity index (χ0v) is 16.8. The molecule has 0 aliphatic heterocycles. The van der Waals surface area contributed by atoms with Gasteiger partial charge in [0.2, 0.25) is 0 Å². The smallest absolute Gasteiger partial charge is 0.270 e. The maximum atomic E-state index is 13.1. The molecule has 1 aromatic carbocycles. The van der Waals surface area contributed by atoms with Gasteiger partial charge in [0.05, 0.1) is 11.4 Å². The minimum atomic E-state index is -0.172.